The quantitative estimate of drug-likeness (QED) is 0.668. The van der Waals surface area contributed by atoms with E-state index >= 15 is 0 Å². The van der Waals surface area contributed by atoms with Crippen molar-refractivity contribution in [3.63, 3.8) is 0 Å². The van der Waals surface area contributed by atoms with E-state index in [9.17, 15) is 4.79 Å². The summed E-state index contributed by atoms with van der Waals surface area (Å²) < 4.78 is 6.09. The van der Waals surface area contributed by atoms with Crippen LogP contribution in [-0.2, 0) is 4.79 Å². The highest BCUT2D eigenvalue weighted by Crippen LogP contribution is 2.24. The Morgan fingerprint density at radius 2 is 2.19 bits per heavy atom. The number of hydrogen-bond acceptors (Lipinski definition) is 3. The van der Waals surface area contributed by atoms with Crippen LogP contribution in [-0.4, -0.2) is 19.1 Å². The minimum atomic E-state index is -0.256. The molecule has 0 aromatic heterocycles. The first-order chi connectivity index (χ1) is 7.77. The van der Waals surface area contributed by atoms with Crippen LogP contribution >= 0.6 is 15.9 Å². The molecule has 1 heterocycles. The number of carbonyl (C=O) groups is 1. The fourth-order valence-electron chi connectivity index (χ4n) is 1.50. The maximum atomic E-state index is 11.8. The van der Waals surface area contributed by atoms with E-state index in [1.807, 2.05) is 24.3 Å². The molecule has 0 atom stereocenters. The smallest absolute Gasteiger partial charge is 0.339 e. The van der Waals surface area contributed by atoms with E-state index < -0.39 is 0 Å². The van der Waals surface area contributed by atoms with Gasteiger partial charge in [-0.05, 0) is 41.0 Å². The summed E-state index contributed by atoms with van der Waals surface area (Å²) >= 11 is 3.34. The number of para-hydroxylation sites is 1. The fraction of sp³-hybridized carbons (Fsp3) is 0.250. The van der Waals surface area contributed by atoms with Gasteiger partial charge in [0.2, 0.25) is 0 Å². The maximum absolute atomic E-state index is 11.8. The van der Waals surface area contributed by atoms with Crippen molar-refractivity contribution in [1.29, 1.82) is 0 Å². The molecule has 0 fully saturated rings. The molecule has 0 saturated carbocycles. The molecule has 0 radical (unpaired) electrons. The highest BCUT2D eigenvalue weighted by atomic mass is 79.9. The summed E-state index contributed by atoms with van der Waals surface area (Å²) in [4.78, 5) is 11.8. The van der Waals surface area contributed by atoms with E-state index in [2.05, 4.69) is 21.2 Å². The molecule has 16 heavy (non-hydrogen) atoms. The van der Waals surface area contributed by atoms with E-state index in [0.29, 0.717) is 5.75 Å². The molecule has 0 amide bonds. The third-order valence-corrected chi connectivity index (χ3v) is 3.02. The molecule has 84 valence electrons. The van der Waals surface area contributed by atoms with Crippen molar-refractivity contribution in [1.82, 2.24) is 5.32 Å². The Balaban J connectivity index is 2.07. The van der Waals surface area contributed by atoms with Gasteiger partial charge in [0.15, 0.2) is 0 Å². The van der Waals surface area contributed by atoms with Crippen molar-refractivity contribution in [3.05, 3.63) is 40.4 Å². The van der Waals surface area contributed by atoms with E-state index in [1.165, 1.54) is 0 Å². The normalized spacial score (nSPS) is 15.4. The Kier molecular flexibility index (Phi) is 3.74. The molecule has 1 aliphatic heterocycles. The minimum Gasteiger partial charge on any atom is -0.422 e. The van der Waals surface area contributed by atoms with Crippen LogP contribution in [0.4, 0.5) is 0 Å². The second-order valence-electron chi connectivity index (χ2n) is 3.50. The summed E-state index contributed by atoms with van der Waals surface area (Å²) in [5.41, 5.74) is 0.745. The number of carbonyl (C=O) groups excluding carboxylic acids is 1. The van der Waals surface area contributed by atoms with Crippen LogP contribution in [0.1, 0.15) is 6.42 Å². The summed E-state index contributed by atoms with van der Waals surface area (Å²) in [5, 5.41) is 3.15. The van der Waals surface area contributed by atoms with Gasteiger partial charge in [0, 0.05) is 12.1 Å². The van der Waals surface area contributed by atoms with Crippen molar-refractivity contribution >= 4 is 21.9 Å². The van der Waals surface area contributed by atoms with Gasteiger partial charge in [-0.15, -0.1) is 0 Å². The second-order valence-corrected chi connectivity index (χ2v) is 4.36. The summed E-state index contributed by atoms with van der Waals surface area (Å²) in [5.74, 6) is 0.306. The van der Waals surface area contributed by atoms with Gasteiger partial charge in [-0.1, -0.05) is 18.2 Å². The average molecular weight is 282 g/mol. The molecule has 3 nitrogen and oxygen atoms in total. The van der Waals surface area contributed by atoms with Gasteiger partial charge >= 0.3 is 5.97 Å². The number of ether oxygens (including phenoxy) is 1. The van der Waals surface area contributed by atoms with Crippen LogP contribution in [0.25, 0.3) is 0 Å². The zero-order chi connectivity index (χ0) is 11.4. The molecule has 1 aliphatic rings. The topological polar surface area (TPSA) is 38.3 Å². The minimum absolute atomic E-state index is 0.256. The largest absolute Gasteiger partial charge is 0.422 e. The third kappa shape index (κ3) is 2.71. The van der Waals surface area contributed by atoms with Crippen LogP contribution in [0.3, 0.4) is 0 Å². The maximum Gasteiger partial charge on any atom is 0.339 e. The van der Waals surface area contributed by atoms with Crippen LogP contribution in [0.15, 0.2) is 40.4 Å². The molecule has 0 bridgehead atoms. The van der Waals surface area contributed by atoms with Crippen LogP contribution < -0.4 is 10.1 Å². The first-order valence-electron chi connectivity index (χ1n) is 5.14. The van der Waals surface area contributed by atoms with E-state index in [-0.39, 0.29) is 5.97 Å². The predicted octanol–water partition coefficient (Wildman–Crippen LogP) is 2.27. The van der Waals surface area contributed by atoms with Crippen molar-refractivity contribution in [2.45, 2.75) is 6.42 Å². The van der Waals surface area contributed by atoms with Crippen LogP contribution in [0, 0.1) is 0 Å². The summed E-state index contributed by atoms with van der Waals surface area (Å²) in [7, 11) is 0. The number of hydrogen-bond donors (Lipinski definition) is 1. The number of esters is 1. The molecule has 1 aromatic rings. The first-order valence-corrected chi connectivity index (χ1v) is 5.93. The lowest BCUT2D eigenvalue weighted by Gasteiger charge is -2.13. The molecule has 2 rings (SSSR count). The van der Waals surface area contributed by atoms with Crippen molar-refractivity contribution in [3.8, 4) is 5.75 Å². The fourth-order valence-corrected chi connectivity index (χ4v) is 1.87. The Bertz CT molecular complexity index is 429. The standard InChI is InChI=1S/C12H12BrNO2/c13-10-3-1-2-4-11(10)16-12(15)9-5-7-14-8-6-9/h1-5,14H,6-8H2. The van der Waals surface area contributed by atoms with Crippen molar-refractivity contribution < 1.29 is 9.53 Å². The van der Waals surface area contributed by atoms with Crippen LogP contribution in [0.5, 0.6) is 5.75 Å². The van der Waals surface area contributed by atoms with Gasteiger partial charge in [-0.25, -0.2) is 4.79 Å². The number of halogens is 1. The summed E-state index contributed by atoms with van der Waals surface area (Å²) in [6.07, 6.45) is 2.60. The Morgan fingerprint density at radius 1 is 1.38 bits per heavy atom. The Labute approximate surface area is 103 Å². The van der Waals surface area contributed by atoms with Gasteiger partial charge in [0.05, 0.1) is 4.47 Å². The zero-order valence-electron chi connectivity index (χ0n) is 8.70. The average Bonchev–Trinajstić information content (AvgIpc) is 2.33. The number of rotatable bonds is 2. The van der Waals surface area contributed by atoms with Gasteiger partial charge in [0.25, 0.3) is 0 Å². The van der Waals surface area contributed by atoms with E-state index in [1.54, 1.807) is 6.07 Å². The summed E-state index contributed by atoms with van der Waals surface area (Å²) in [6.45, 7) is 1.57. The molecular weight excluding hydrogens is 270 g/mol. The highest BCUT2D eigenvalue weighted by Gasteiger charge is 2.15. The first kappa shape index (κ1) is 11.4. The van der Waals surface area contributed by atoms with Gasteiger partial charge in [-0.3, -0.25) is 0 Å². The Morgan fingerprint density at radius 3 is 2.88 bits per heavy atom. The third-order valence-electron chi connectivity index (χ3n) is 2.37. The second kappa shape index (κ2) is 5.27. The predicted molar refractivity (Wildman–Crippen MR) is 65.3 cm³/mol. The molecule has 1 N–H and O–H groups in total. The number of benzene rings is 1. The lowest BCUT2D eigenvalue weighted by Crippen LogP contribution is -2.25. The number of nitrogens with one attached hydrogen (secondary N) is 1. The molecule has 1 aromatic carbocycles. The monoisotopic (exact) mass is 281 g/mol. The Hall–Kier alpha value is -1.13. The van der Waals surface area contributed by atoms with Gasteiger partial charge < -0.3 is 10.1 Å². The van der Waals surface area contributed by atoms with Crippen molar-refractivity contribution in [2.24, 2.45) is 0 Å². The molecule has 0 aliphatic carbocycles. The molecule has 0 spiro atoms. The van der Waals surface area contributed by atoms with E-state index in [4.69, 9.17) is 4.74 Å². The molecular formula is C12H12BrNO2. The van der Waals surface area contributed by atoms with Crippen LogP contribution in [0.2, 0.25) is 0 Å². The SMILES string of the molecule is O=C(Oc1ccccc1Br)C1=CCNCC1. The van der Waals surface area contributed by atoms with Crippen molar-refractivity contribution in [2.75, 3.05) is 13.1 Å². The van der Waals surface area contributed by atoms with Gasteiger partial charge in [0.1, 0.15) is 5.75 Å². The summed E-state index contributed by atoms with van der Waals surface area (Å²) in [6, 6.07) is 7.33. The molecule has 0 saturated heterocycles. The van der Waals surface area contributed by atoms with Gasteiger partial charge in [-0.2, -0.15) is 0 Å². The molecule has 4 heteroatoms. The highest BCUT2D eigenvalue weighted by molar-refractivity contribution is 9.10. The lowest BCUT2D eigenvalue weighted by molar-refractivity contribution is -0.130. The lowest BCUT2D eigenvalue weighted by atomic mass is 10.1. The molecule has 0 unspecified atom stereocenters. The van der Waals surface area contributed by atoms with E-state index in [0.717, 1.165) is 29.6 Å². The zero-order valence-corrected chi connectivity index (χ0v) is 10.3.